The number of nitrogens with zero attached hydrogens (tertiary/aromatic N) is 3. The quantitative estimate of drug-likeness (QED) is 0.855. The lowest BCUT2D eigenvalue weighted by atomic mass is 10.0. The van der Waals surface area contributed by atoms with Crippen LogP contribution in [0.15, 0.2) is 30.5 Å². The van der Waals surface area contributed by atoms with Gasteiger partial charge in [0.1, 0.15) is 6.04 Å². The molecule has 134 valence electrons. The van der Waals surface area contributed by atoms with Crippen LogP contribution < -0.4 is 5.32 Å². The first-order valence-corrected chi connectivity index (χ1v) is 7.24. The van der Waals surface area contributed by atoms with Gasteiger partial charge in [-0.15, -0.1) is 5.10 Å². The number of hydrogen-bond donors (Lipinski definition) is 2. The molecule has 2 aromatic rings. The van der Waals surface area contributed by atoms with Crippen LogP contribution in [0.3, 0.4) is 0 Å². The van der Waals surface area contributed by atoms with E-state index in [1.807, 2.05) is 0 Å². The van der Waals surface area contributed by atoms with Crippen LogP contribution in [-0.2, 0) is 11.0 Å². The lowest BCUT2D eigenvalue weighted by molar-refractivity contribution is -0.140. The number of carboxylic acids is 1. The van der Waals surface area contributed by atoms with Gasteiger partial charge >= 0.3 is 12.1 Å². The van der Waals surface area contributed by atoms with E-state index in [0.717, 1.165) is 16.9 Å². The molecular formula is C15H15F3N4O3. The van der Waals surface area contributed by atoms with Crippen molar-refractivity contribution in [1.29, 1.82) is 0 Å². The lowest BCUT2D eigenvalue weighted by Gasteiger charge is -2.16. The van der Waals surface area contributed by atoms with Gasteiger partial charge in [-0.1, -0.05) is 31.2 Å². The highest BCUT2D eigenvalue weighted by Crippen LogP contribution is 2.33. The number of alkyl halides is 3. The van der Waals surface area contributed by atoms with Crippen molar-refractivity contribution in [1.82, 2.24) is 20.3 Å². The molecule has 0 unspecified atom stereocenters. The summed E-state index contributed by atoms with van der Waals surface area (Å²) in [7, 11) is 0. The summed E-state index contributed by atoms with van der Waals surface area (Å²) >= 11 is 0. The summed E-state index contributed by atoms with van der Waals surface area (Å²) in [5.41, 5.74) is -1.51. The normalized spacial score (nSPS) is 12.9. The monoisotopic (exact) mass is 356 g/mol. The highest BCUT2D eigenvalue weighted by atomic mass is 19.4. The topological polar surface area (TPSA) is 97.1 Å². The number of carboxylic acid groups (broad SMARTS) is 1. The smallest absolute Gasteiger partial charge is 0.418 e. The second-order valence-corrected chi connectivity index (χ2v) is 5.60. The van der Waals surface area contributed by atoms with E-state index in [2.05, 4.69) is 15.6 Å². The zero-order valence-corrected chi connectivity index (χ0v) is 13.3. The molecule has 7 nitrogen and oxygen atoms in total. The number of carbonyl (C=O) groups is 2. The van der Waals surface area contributed by atoms with Gasteiger partial charge in [0.05, 0.1) is 17.4 Å². The Morgan fingerprint density at radius 3 is 2.44 bits per heavy atom. The fourth-order valence-electron chi connectivity index (χ4n) is 2.13. The van der Waals surface area contributed by atoms with Gasteiger partial charge in [0.15, 0.2) is 5.69 Å². The number of benzene rings is 1. The highest BCUT2D eigenvalue weighted by molar-refractivity contribution is 5.94. The van der Waals surface area contributed by atoms with Crippen LogP contribution in [0.25, 0.3) is 5.69 Å². The molecule has 0 aliphatic carbocycles. The van der Waals surface area contributed by atoms with Gasteiger partial charge < -0.3 is 10.4 Å². The molecular weight excluding hydrogens is 341 g/mol. The molecule has 1 atom stereocenters. The molecule has 1 aromatic carbocycles. The van der Waals surface area contributed by atoms with Gasteiger partial charge in [0.2, 0.25) is 0 Å². The second-order valence-electron chi connectivity index (χ2n) is 5.60. The highest BCUT2D eigenvalue weighted by Gasteiger charge is 2.34. The summed E-state index contributed by atoms with van der Waals surface area (Å²) in [6.07, 6.45) is -3.59. The Morgan fingerprint density at radius 2 is 1.88 bits per heavy atom. The Balaban J connectivity index is 2.29. The second kappa shape index (κ2) is 6.91. The number of aliphatic carboxylic acids is 1. The third kappa shape index (κ3) is 4.14. The molecule has 0 radical (unpaired) electrons. The van der Waals surface area contributed by atoms with Crippen LogP contribution >= 0.6 is 0 Å². The number of amides is 1. The van der Waals surface area contributed by atoms with E-state index in [1.54, 1.807) is 13.8 Å². The molecule has 0 saturated carbocycles. The lowest BCUT2D eigenvalue weighted by Crippen LogP contribution is -2.44. The fourth-order valence-corrected chi connectivity index (χ4v) is 2.13. The fraction of sp³-hybridized carbons (Fsp3) is 0.333. The molecule has 1 heterocycles. The summed E-state index contributed by atoms with van der Waals surface area (Å²) in [6, 6.07) is 3.55. The van der Waals surface area contributed by atoms with Crippen LogP contribution in [0, 0.1) is 5.92 Å². The maximum atomic E-state index is 13.0. The maximum absolute atomic E-state index is 13.0. The minimum absolute atomic E-state index is 0.288. The van der Waals surface area contributed by atoms with Gasteiger partial charge in [0.25, 0.3) is 5.91 Å². The van der Waals surface area contributed by atoms with Gasteiger partial charge in [0, 0.05) is 0 Å². The average Bonchev–Trinajstić information content (AvgIpc) is 3.00. The van der Waals surface area contributed by atoms with Gasteiger partial charge in [-0.05, 0) is 18.1 Å². The minimum Gasteiger partial charge on any atom is -0.480 e. The van der Waals surface area contributed by atoms with Crippen molar-refractivity contribution in [2.24, 2.45) is 5.92 Å². The van der Waals surface area contributed by atoms with Crippen LogP contribution in [0.5, 0.6) is 0 Å². The summed E-state index contributed by atoms with van der Waals surface area (Å²) < 4.78 is 40.0. The van der Waals surface area contributed by atoms with Crippen LogP contribution in [-0.4, -0.2) is 38.0 Å². The maximum Gasteiger partial charge on any atom is 0.418 e. The Kier molecular flexibility index (Phi) is 5.10. The third-order valence-corrected chi connectivity index (χ3v) is 3.40. The molecule has 0 aliphatic heterocycles. The summed E-state index contributed by atoms with van der Waals surface area (Å²) in [6.45, 7) is 3.21. The Bertz CT molecular complexity index is 786. The number of rotatable bonds is 5. The standard InChI is InChI=1S/C15H15F3N4O3/c1-8(2)12(14(24)25)19-13(23)10-7-22(21-20-10)11-6-4-3-5-9(11)15(16,17)18/h3-8,12H,1-2H3,(H,19,23)(H,24,25)/t12-/m0/s1. The zero-order chi connectivity index (χ0) is 18.8. The molecule has 25 heavy (non-hydrogen) atoms. The third-order valence-electron chi connectivity index (χ3n) is 3.40. The van der Waals surface area contributed by atoms with E-state index in [4.69, 9.17) is 5.11 Å². The minimum atomic E-state index is -4.60. The van der Waals surface area contributed by atoms with Crippen molar-refractivity contribution < 1.29 is 27.9 Å². The number of halogens is 3. The number of para-hydroxylation sites is 1. The predicted octanol–water partition coefficient (Wildman–Crippen LogP) is 2.13. The molecule has 2 rings (SSSR count). The van der Waals surface area contributed by atoms with Crippen LogP contribution in [0.2, 0.25) is 0 Å². The molecule has 0 fully saturated rings. The molecule has 2 N–H and O–H groups in total. The number of aromatic nitrogens is 3. The van der Waals surface area contributed by atoms with E-state index in [1.165, 1.54) is 18.2 Å². The van der Waals surface area contributed by atoms with Crippen molar-refractivity contribution in [3.05, 3.63) is 41.7 Å². The van der Waals surface area contributed by atoms with Gasteiger partial charge in [-0.3, -0.25) is 4.79 Å². The first-order chi connectivity index (χ1) is 11.6. The molecule has 0 aliphatic rings. The van der Waals surface area contributed by atoms with Crippen molar-refractivity contribution in [2.45, 2.75) is 26.1 Å². The first-order valence-electron chi connectivity index (χ1n) is 7.24. The van der Waals surface area contributed by atoms with E-state index in [0.29, 0.717) is 0 Å². The first kappa shape index (κ1) is 18.4. The van der Waals surface area contributed by atoms with E-state index < -0.39 is 29.7 Å². The number of hydrogen-bond acceptors (Lipinski definition) is 4. The van der Waals surface area contributed by atoms with Crippen molar-refractivity contribution in [3.63, 3.8) is 0 Å². The Labute approximate surface area is 140 Å². The summed E-state index contributed by atoms with van der Waals surface area (Å²) in [4.78, 5) is 23.2. The molecule has 0 bridgehead atoms. The summed E-state index contributed by atoms with van der Waals surface area (Å²) in [5.74, 6) is -2.45. The Morgan fingerprint density at radius 1 is 1.24 bits per heavy atom. The van der Waals surface area contributed by atoms with Crippen molar-refractivity contribution in [3.8, 4) is 5.69 Å². The van der Waals surface area contributed by atoms with Gasteiger partial charge in [-0.25, -0.2) is 9.48 Å². The zero-order valence-electron chi connectivity index (χ0n) is 13.3. The van der Waals surface area contributed by atoms with Gasteiger partial charge in [-0.2, -0.15) is 13.2 Å². The van der Waals surface area contributed by atoms with E-state index in [-0.39, 0.29) is 17.3 Å². The molecule has 0 spiro atoms. The summed E-state index contributed by atoms with van der Waals surface area (Å²) in [5, 5.41) is 18.4. The molecule has 1 aromatic heterocycles. The number of nitrogens with one attached hydrogen (secondary N) is 1. The predicted molar refractivity (Wildman–Crippen MR) is 80.1 cm³/mol. The van der Waals surface area contributed by atoms with E-state index >= 15 is 0 Å². The van der Waals surface area contributed by atoms with Crippen molar-refractivity contribution >= 4 is 11.9 Å². The largest absolute Gasteiger partial charge is 0.480 e. The Hall–Kier alpha value is -2.91. The number of carbonyl (C=O) groups excluding carboxylic acids is 1. The van der Waals surface area contributed by atoms with Crippen molar-refractivity contribution in [2.75, 3.05) is 0 Å². The molecule has 1 amide bonds. The van der Waals surface area contributed by atoms with Crippen LogP contribution in [0.4, 0.5) is 13.2 Å². The average molecular weight is 356 g/mol. The SMILES string of the molecule is CC(C)[C@H](NC(=O)c1cn(-c2ccccc2C(F)(F)F)nn1)C(=O)O. The van der Waals surface area contributed by atoms with E-state index in [9.17, 15) is 22.8 Å². The molecule has 0 saturated heterocycles. The van der Waals surface area contributed by atoms with Crippen LogP contribution in [0.1, 0.15) is 29.9 Å². The molecule has 10 heteroatoms.